The standard InChI is InChI=1S/C22H24N4O2/c1-16-4-6-17(7-5-16)13-26(19-8-9-19)14-21-25-20(15-28-21)22(27)24-12-18-3-2-10-23-11-18/h2-7,10-11,15,19H,8-9,12-14H2,1H3,(H,24,27). The van der Waals surface area contributed by atoms with E-state index >= 15 is 0 Å². The van der Waals surface area contributed by atoms with E-state index in [0.29, 0.717) is 30.7 Å². The van der Waals surface area contributed by atoms with Gasteiger partial charge in [0.25, 0.3) is 5.91 Å². The van der Waals surface area contributed by atoms with E-state index in [1.807, 2.05) is 12.1 Å². The van der Waals surface area contributed by atoms with Gasteiger partial charge in [0, 0.05) is 31.5 Å². The van der Waals surface area contributed by atoms with Gasteiger partial charge < -0.3 is 9.73 Å². The second kappa shape index (κ2) is 8.35. The Bertz CT molecular complexity index is 917. The largest absolute Gasteiger partial charge is 0.447 e. The van der Waals surface area contributed by atoms with Crippen molar-refractivity contribution in [1.82, 2.24) is 20.2 Å². The maximum absolute atomic E-state index is 12.3. The highest BCUT2D eigenvalue weighted by molar-refractivity contribution is 5.91. The number of carbonyl (C=O) groups excluding carboxylic acids is 1. The third kappa shape index (κ3) is 4.84. The predicted molar refractivity (Wildman–Crippen MR) is 105 cm³/mol. The summed E-state index contributed by atoms with van der Waals surface area (Å²) in [5.74, 6) is 0.334. The van der Waals surface area contributed by atoms with Crippen LogP contribution in [0.25, 0.3) is 0 Å². The minimum atomic E-state index is -0.240. The molecule has 6 nitrogen and oxygen atoms in total. The molecule has 1 aliphatic carbocycles. The maximum Gasteiger partial charge on any atom is 0.273 e. The highest BCUT2D eigenvalue weighted by Gasteiger charge is 2.30. The van der Waals surface area contributed by atoms with Gasteiger partial charge in [-0.1, -0.05) is 35.9 Å². The minimum Gasteiger partial charge on any atom is -0.447 e. The number of hydrogen-bond donors (Lipinski definition) is 1. The van der Waals surface area contributed by atoms with Crippen molar-refractivity contribution in [2.75, 3.05) is 0 Å². The zero-order valence-corrected chi connectivity index (χ0v) is 16.0. The Kier molecular flexibility index (Phi) is 5.48. The van der Waals surface area contributed by atoms with Crippen LogP contribution in [0, 0.1) is 6.92 Å². The number of oxazole rings is 1. The Morgan fingerprint density at radius 3 is 2.71 bits per heavy atom. The van der Waals surface area contributed by atoms with Crippen LogP contribution >= 0.6 is 0 Å². The quantitative estimate of drug-likeness (QED) is 0.652. The molecule has 2 aromatic heterocycles. The molecule has 0 atom stereocenters. The van der Waals surface area contributed by atoms with Crippen molar-refractivity contribution in [2.24, 2.45) is 0 Å². The summed E-state index contributed by atoms with van der Waals surface area (Å²) in [7, 11) is 0. The number of rotatable bonds is 8. The number of benzene rings is 1. The number of nitrogens with zero attached hydrogens (tertiary/aromatic N) is 3. The summed E-state index contributed by atoms with van der Waals surface area (Å²) < 4.78 is 5.58. The Hall–Kier alpha value is -2.99. The molecule has 1 aliphatic rings. The Morgan fingerprint density at radius 1 is 1.18 bits per heavy atom. The fraction of sp³-hybridized carbons (Fsp3) is 0.318. The van der Waals surface area contributed by atoms with E-state index in [1.165, 1.54) is 30.2 Å². The molecule has 144 valence electrons. The first-order chi connectivity index (χ1) is 13.7. The molecule has 1 amide bonds. The molecule has 3 aromatic rings. The van der Waals surface area contributed by atoms with Crippen LogP contribution in [0.5, 0.6) is 0 Å². The van der Waals surface area contributed by atoms with Gasteiger partial charge in [0.05, 0.1) is 6.54 Å². The molecule has 0 unspecified atom stereocenters. The molecule has 0 saturated heterocycles. The molecular weight excluding hydrogens is 352 g/mol. The first-order valence-electron chi connectivity index (χ1n) is 9.58. The minimum absolute atomic E-state index is 0.240. The van der Waals surface area contributed by atoms with Crippen LogP contribution in [-0.4, -0.2) is 26.8 Å². The van der Waals surface area contributed by atoms with E-state index in [9.17, 15) is 4.79 Å². The summed E-state index contributed by atoms with van der Waals surface area (Å²) >= 11 is 0. The van der Waals surface area contributed by atoms with Crippen molar-refractivity contribution in [2.45, 2.75) is 45.4 Å². The molecule has 0 aliphatic heterocycles. The van der Waals surface area contributed by atoms with Crippen molar-refractivity contribution >= 4 is 5.91 Å². The number of nitrogens with one attached hydrogen (secondary N) is 1. The summed E-state index contributed by atoms with van der Waals surface area (Å²) in [5, 5.41) is 2.85. The number of pyridine rings is 1. The molecule has 28 heavy (non-hydrogen) atoms. The summed E-state index contributed by atoms with van der Waals surface area (Å²) in [4.78, 5) is 23.1. The van der Waals surface area contributed by atoms with Crippen molar-refractivity contribution in [1.29, 1.82) is 0 Å². The lowest BCUT2D eigenvalue weighted by atomic mass is 10.1. The highest BCUT2D eigenvalue weighted by Crippen LogP contribution is 2.29. The lowest BCUT2D eigenvalue weighted by molar-refractivity contribution is 0.0945. The van der Waals surface area contributed by atoms with Crippen molar-refractivity contribution in [3.8, 4) is 0 Å². The molecule has 2 heterocycles. The van der Waals surface area contributed by atoms with Crippen LogP contribution in [-0.2, 0) is 19.6 Å². The van der Waals surface area contributed by atoms with Crippen LogP contribution in [0.1, 0.15) is 45.9 Å². The van der Waals surface area contributed by atoms with Crippen LogP contribution in [0.2, 0.25) is 0 Å². The lowest BCUT2D eigenvalue weighted by Gasteiger charge is -2.20. The fourth-order valence-corrected chi connectivity index (χ4v) is 3.12. The molecule has 0 bridgehead atoms. The van der Waals surface area contributed by atoms with E-state index in [4.69, 9.17) is 4.42 Å². The van der Waals surface area contributed by atoms with Crippen LogP contribution in [0.15, 0.2) is 59.5 Å². The summed E-state index contributed by atoms with van der Waals surface area (Å²) in [6.07, 6.45) is 7.27. The third-order valence-corrected chi connectivity index (χ3v) is 4.87. The maximum atomic E-state index is 12.3. The molecule has 4 rings (SSSR count). The molecule has 1 fully saturated rings. The smallest absolute Gasteiger partial charge is 0.273 e. The van der Waals surface area contributed by atoms with E-state index in [2.05, 4.69) is 51.4 Å². The number of amides is 1. The van der Waals surface area contributed by atoms with Gasteiger partial charge in [-0.2, -0.15) is 0 Å². The summed E-state index contributed by atoms with van der Waals surface area (Å²) in [5.41, 5.74) is 3.79. The average molecular weight is 376 g/mol. The van der Waals surface area contributed by atoms with Gasteiger partial charge >= 0.3 is 0 Å². The van der Waals surface area contributed by atoms with Crippen molar-refractivity contribution in [3.05, 3.63) is 83.3 Å². The number of aromatic nitrogens is 2. The van der Waals surface area contributed by atoms with Gasteiger partial charge in [0.15, 0.2) is 5.69 Å². The first kappa shape index (κ1) is 18.4. The van der Waals surface area contributed by atoms with E-state index in [1.54, 1.807) is 12.4 Å². The molecule has 6 heteroatoms. The first-order valence-corrected chi connectivity index (χ1v) is 9.58. The Morgan fingerprint density at radius 2 is 2.00 bits per heavy atom. The Labute approximate surface area is 164 Å². The van der Waals surface area contributed by atoms with E-state index < -0.39 is 0 Å². The van der Waals surface area contributed by atoms with Crippen LogP contribution < -0.4 is 5.32 Å². The molecule has 1 saturated carbocycles. The fourth-order valence-electron chi connectivity index (χ4n) is 3.12. The highest BCUT2D eigenvalue weighted by atomic mass is 16.3. The average Bonchev–Trinajstić information content (AvgIpc) is 3.47. The number of hydrogen-bond acceptors (Lipinski definition) is 5. The van der Waals surface area contributed by atoms with Crippen molar-refractivity contribution in [3.63, 3.8) is 0 Å². The predicted octanol–water partition coefficient (Wildman–Crippen LogP) is 3.47. The van der Waals surface area contributed by atoms with Gasteiger partial charge in [-0.05, 0) is 37.0 Å². The Balaban J connectivity index is 1.35. The summed E-state index contributed by atoms with van der Waals surface area (Å²) in [6.45, 7) is 3.97. The van der Waals surface area contributed by atoms with E-state index in [0.717, 1.165) is 12.1 Å². The molecule has 1 N–H and O–H groups in total. The van der Waals surface area contributed by atoms with Gasteiger partial charge in [-0.15, -0.1) is 0 Å². The van der Waals surface area contributed by atoms with Gasteiger partial charge in [0.2, 0.25) is 5.89 Å². The van der Waals surface area contributed by atoms with Gasteiger partial charge in [-0.25, -0.2) is 4.98 Å². The van der Waals surface area contributed by atoms with Crippen LogP contribution in [0.4, 0.5) is 0 Å². The number of carbonyl (C=O) groups is 1. The lowest BCUT2D eigenvalue weighted by Crippen LogP contribution is -2.26. The molecule has 1 aromatic carbocycles. The zero-order valence-electron chi connectivity index (χ0n) is 16.0. The zero-order chi connectivity index (χ0) is 19.3. The monoisotopic (exact) mass is 376 g/mol. The second-order valence-corrected chi connectivity index (χ2v) is 7.29. The summed E-state index contributed by atoms with van der Waals surface area (Å²) in [6, 6.07) is 12.9. The van der Waals surface area contributed by atoms with Crippen LogP contribution in [0.3, 0.4) is 0 Å². The van der Waals surface area contributed by atoms with Crippen molar-refractivity contribution < 1.29 is 9.21 Å². The number of aryl methyl sites for hydroxylation is 1. The van der Waals surface area contributed by atoms with Gasteiger partial charge in [-0.3, -0.25) is 14.7 Å². The van der Waals surface area contributed by atoms with Gasteiger partial charge in [0.1, 0.15) is 6.26 Å². The SMILES string of the molecule is Cc1ccc(CN(Cc2nc(C(=O)NCc3cccnc3)co2)C2CC2)cc1. The normalized spacial score (nSPS) is 13.6. The third-order valence-electron chi connectivity index (χ3n) is 4.87. The molecule has 0 radical (unpaired) electrons. The second-order valence-electron chi connectivity index (χ2n) is 7.29. The topological polar surface area (TPSA) is 71.3 Å². The molecule has 0 spiro atoms. The van der Waals surface area contributed by atoms with E-state index in [-0.39, 0.29) is 5.91 Å². The molecular formula is C22H24N4O2.